The van der Waals surface area contributed by atoms with E-state index in [0.29, 0.717) is 37.8 Å². The lowest BCUT2D eigenvalue weighted by molar-refractivity contribution is -0.137. The molecule has 5 rings (SSSR count). The third-order valence-electron chi connectivity index (χ3n) is 9.96. The van der Waals surface area contributed by atoms with Gasteiger partial charge < -0.3 is 42.8 Å². The van der Waals surface area contributed by atoms with Crippen LogP contribution >= 0.6 is 0 Å². The van der Waals surface area contributed by atoms with Gasteiger partial charge in [-0.15, -0.1) is 0 Å². The van der Waals surface area contributed by atoms with E-state index >= 15 is 0 Å². The van der Waals surface area contributed by atoms with E-state index in [0.717, 1.165) is 28.5 Å². The zero-order valence-corrected chi connectivity index (χ0v) is 31.5. The summed E-state index contributed by atoms with van der Waals surface area (Å²) >= 11 is 0. The first-order valence-corrected chi connectivity index (χ1v) is 19.2. The third kappa shape index (κ3) is 12.2. The summed E-state index contributed by atoms with van der Waals surface area (Å²) in [6, 6.07) is 19.8. The van der Waals surface area contributed by atoms with Gasteiger partial charge in [0, 0.05) is 49.5 Å². The molecule has 14 nitrogen and oxygen atoms in total. The number of aromatic hydroxyl groups is 1. The molecule has 1 aliphatic heterocycles. The number of aromatic amines is 1. The minimum atomic E-state index is -1.17. The molecule has 4 aromatic rings. The maximum atomic E-state index is 14.3. The number of nitrogens with one attached hydrogen (secondary N) is 5. The monoisotopic (exact) mass is 764 g/mol. The normalized spacial score (nSPS) is 20.8. The van der Waals surface area contributed by atoms with E-state index in [-0.39, 0.29) is 62.0 Å². The average molecular weight is 765 g/mol. The number of para-hydroxylation sites is 1. The number of fused-ring (bicyclic) bond motifs is 1. The molecule has 1 aliphatic rings. The van der Waals surface area contributed by atoms with Gasteiger partial charge in [0.2, 0.25) is 23.6 Å². The Hall–Kier alpha value is -6.18. The maximum absolute atomic E-state index is 14.3. The van der Waals surface area contributed by atoms with E-state index in [1.807, 2.05) is 60.8 Å². The molecule has 0 unspecified atom stereocenters. The Morgan fingerprint density at radius 1 is 0.679 bits per heavy atom. The number of carbonyl (C=O) groups is 5. The summed E-state index contributed by atoms with van der Waals surface area (Å²) in [5, 5.41) is 22.3. The largest absolute Gasteiger partial charge is 0.508 e. The highest BCUT2D eigenvalue weighted by Crippen LogP contribution is 2.21. The highest BCUT2D eigenvalue weighted by molar-refractivity contribution is 6.03. The van der Waals surface area contributed by atoms with Crippen molar-refractivity contribution in [2.24, 2.45) is 22.4 Å². The number of amides is 4. The van der Waals surface area contributed by atoms with Crippen LogP contribution in [0.15, 0.2) is 90.1 Å². The molecule has 14 heteroatoms. The van der Waals surface area contributed by atoms with Crippen LogP contribution < -0.4 is 32.7 Å². The predicted octanol–water partition coefficient (Wildman–Crippen LogP) is 2.68. The Morgan fingerprint density at radius 2 is 1.32 bits per heavy atom. The van der Waals surface area contributed by atoms with Crippen LogP contribution in [-0.2, 0) is 43.2 Å². The van der Waals surface area contributed by atoms with Crippen molar-refractivity contribution >= 4 is 46.3 Å². The van der Waals surface area contributed by atoms with E-state index < -0.39 is 41.8 Å². The molecule has 1 fully saturated rings. The van der Waals surface area contributed by atoms with E-state index in [1.165, 1.54) is 12.1 Å². The first-order valence-electron chi connectivity index (χ1n) is 19.2. The Labute approximate surface area is 326 Å². The number of nitrogens with two attached hydrogens (primary N) is 2. The Bertz CT molecular complexity index is 1980. The number of ketones is 1. The second-order valence-corrected chi connectivity index (χ2v) is 14.2. The first-order chi connectivity index (χ1) is 27.1. The van der Waals surface area contributed by atoms with Crippen molar-refractivity contribution in [1.29, 1.82) is 0 Å². The van der Waals surface area contributed by atoms with Crippen molar-refractivity contribution in [2.75, 3.05) is 13.1 Å². The fraction of sp³-hybridized carbons (Fsp3) is 0.381. The van der Waals surface area contributed by atoms with Crippen LogP contribution in [0.25, 0.3) is 10.9 Å². The second kappa shape index (κ2) is 20.5. The SMILES string of the molecule is NC(N)=NCCC[C@@H]1NC(=O)[C@@H](Cc2ccccc2)NC(=O)[C@H](Cc2ccc(O)cc2)C(=O)CCCCCCNC(=O)[C@H](Cc2c[nH]c3ccccc23)NC1=O. The second-order valence-electron chi connectivity index (χ2n) is 14.2. The summed E-state index contributed by atoms with van der Waals surface area (Å²) in [4.78, 5) is 77.2. The van der Waals surface area contributed by atoms with Crippen LogP contribution in [0.3, 0.4) is 0 Å². The fourth-order valence-electron chi connectivity index (χ4n) is 6.89. The van der Waals surface area contributed by atoms with E-state index in [4.69, 9.17) is 11.5 Å². The molecule has 0 radical (unpaired) electrons. The number of hydrogen-bond acceptors (Lipinski definition) is 7. The minimum Gasteiger partial charge on any atom is -0.508 e. The number of nitrogens with zero attached hydrogens (tertiary/aromatic N) is 1. The molecule has 3 aromatic carbocycles. The molecular formula is C42H52N8O6. The van der Waals surface area contributed by atoms with E-state index in [2.05, 4.69) is 31.2 Å². The lowest BCUT2D eigenvalue weighted by Gasteiger charge is -2.26. The number of phenolic OH excluding ortho intramolecular Hbond substituents is 1. The molecule has 0 saturated carbocycles. The van der Waals surface area contributed by atoms with Gasteiger partial charge in [-0.05, 0) is 67.0 Å². The topological polar surface area (TPSA) is 234 Å². The van der Waals surface area contributed by atoms with Crippen molar-refractivity contribution in [3.8, 4) is 5.75 Å². The number of H-pyrrole nitrogens is 1. The molecule has 10 N–H and O–H groups in total. The highest BCUT2D eigenvalue weighted by Gasteiger charge is 2.33. The fourth-order valence-corrected chi connectivity index (χ4v) is 6.89. The summed E-state index contributed by atoms with van der Waals surface area (Å²) in [6.07, 6.45) is 5.36. The van der Waals surface area contributed by atoms with Gasteiger partial charge in [0.05, 0.1) is 0 Å². The molecule has 4 amide bonds. The predicted molar refractivity (Wildman–Crippen MR) is 214 cm³/mol. The van der Waals surface area contributed by atoms with Crippen molar-refractivity contribution in [3.63, 3.8) is 0 Å². The zero-order chi connectivity index (χ0) is 39.9. The summed E-state index contributed by atoms with van der Waals surface area (Å²) in [6.45, 7) is 0.547. The Kier molecular flexibility index (Phi) is 15.0. The lowest BCUT2D eigenvalue weighted by atomic mass is 9.90. The van der Waals surface area contributed by atoms with Crippen LogP contribution in [0.1, 0.15) is 61.6 Å². The standard InChI is InChI=1S/C42H52N8O6/c43-42(44)46-22-10-15-34-40(55)50-36(25-29-26-47-33-14-8-7-13-31(29)33)39(54)45-21-9-2-1-6-16-37(52)32(23-28-17-19-30(51)20-18-28)38(53)49-35(41(56)48-34)24-27-11-4-3-5-12-27/h3-5,7-8,11-14,17-20,26,32,34-36,47,51H,1-2,6,9-10,15-16,21-25H2,(H,45,54)(H,48,56)(H,49,53)(H,50,55)(H4,43,44,46)/t32-,34+,35-,36+/m1/s1. The number of hydrogen-bond donors (Lipinski definition) is 8. The quantitative estimate of drug-likeness (QED) is 0.0516. The van der Waals surface area contributed by atoms with Crippen molar-refractivity contribution < 1.29 is 29.1 Å². The Balaban J connectivity index is 1.46. The number of rotatable bonds is 10. The summed E-state index contributed by atoms with van der Waals surface area (Å²) < 4.78 is 0. The maximum Gasteiger partial charge on any atom is 0.243 e. The van der Waals surface area contributed by atoms with Crippen molar-refractivity contribution in [2.45, 2.75) is 82.3 Å². The molecule has 2 heterocycles. The van der Waals surface area contributed by atoms with Crippen LogP contribution in [0.4, 0.5) is 0 Å². The molecule has 1 aromatic heterocycles. The number of benzene rings is 3. The summed E-state index contributed by atoms with van der Waals surface area (Å²) in [5.41, 5.74) is 14.2. The van der Waals surface area contributed by atoms with Gasteiger partial charge in [0.25, 0.3) is 0 Å². The average Bonchev–Trinajstić information content (AvgIpc) is 3.60. The summed E-state index contributed by atoms with van der Waals surface area (Å²) in [7, 11) is 0. The summed E-state index contributed by atoms with van der Waals surface area (Å²) in [5.74, 6) is -3.64. The van der Waals surface area contributed by atoms with Gasteiger partial charge in [-0.3, -0.25) is 29.0 Å². The molecule has 0 spiro atoms. The molecule has 56 heavy (non-hydrogen) atoms. The van der Waals surface area contributed by atoms with Gasteiger partial charge in [-0.2, -0.15) is 0 Å². The molecule has 0 aliphatic carbocycles. The molecule has 4 atom stereocenters. The zero-order valence-electron chi connectivity index (χ0n) is 31.5. The van der Waals surface area contributed by atoms with Gasteiger partial charge in [-0.1, -0.05) is 73.5 Å². The van der Waals surface area contributed by atoms with Gasteiger partial charge in [0.15, 0.2) is 5.96 Å². The third-order valence-corrected chi connectivity index (χ3v) is 9.96. The van der Waals surface area contributed by atoms with Crippen LogP contribution in [-0.4, -0.2) is 76.7 Å². The first kappa shape index (κ1) is 41.0. The number of Topliss-reactive ketones (excluding diaryl/α,β-unsaturated/α-hetero) is 1. The molecule has 1 saturated heterocycles. The number of carbonyl (C=O) groups excluding carboxylic acids is 5. The van der Waals surface area contributed by atoms with E-state index in [9.17, 15) is 29.1 Å². The number of aliphatic imine (C=N–C) groups is 1. The lowest BCUT2D eigenvalue weighted by Crippen LogP contribution is -2.58. The van der Waals surface area contributed by atoms with Gasteiger partial charge >= 0.3 is 0 Å². The van der Waals surface area contributed by atoms with E-state index in [1.54, 1.807) is 12.1 Å². The highest BCUT2D eigenvalue weighted by atomic mass is 16.3. The van der Waals surface area contributed by atoms with Crippen molar-refractivity contribution in [1.82, 2.24) is 26.3 Å². The van der Waals surface area contributed by atoms with Crippen molar-refractivity contribution in [3.05, 3.63) is 102 Å². The number of phenols is 1. The van der Waals surface area contributed by atoms with Crippen LogP contribution in [0.5, 0.6) is 5.75 Å². The molecule has 296 valence electrons. The minimum absolute atomic E-state index is 0.0574. The molecular weight excluding hydrogens is 713 g/mol. The van der Waals surface area contributed by atoms with Gasteiger partial charge in [-0.25, -0.2) is 0 Å². The van der Waals surface area contributed by atoms with Crippen LogP contribution in [0, 0.1) is 5.92 Å². The Morgan fingerprint density at radius 3 is 2.09 bits per heavy atom. The number of aromatic nitrogens is 1. The van der Waals surface area contributed by atoms with Gasteiger partial charge in [0.1, 0.15) is 35.6 Å². The number of guanidine groups is 1. The molecule has 0 bridgehead atoms. The smallest absolute Gasteiger partial charge is 0.243 e. The van der Waals surface area contributed by atoms with Crippen LogP contribution in [0.2, 0.25) is 0 Å².